The molecule has 0 aliphatic heterocycles. The Labute approximate surface area is 123 Å². The molecule has 2 rings (SSSR count). The SMILES string of the molecule is CCOC(=O)C1(C(=O)OCC)CCC1c1ccc(F)cc1. The molecule has 0 spiro atoms. The molecule has 1 fully saturated rings. The van der Waals surface area contributed by atoms with Gasteiger partial charge in [0.25, 0.3) is 0 Å². The van der Waals surface area contributed by atoms with Crippen LogP contribution in [0.15, 0.2) is 24.3 Å². The van der Waals surface area contributed by atoms with E-state index in [9.17, 15) is 14.0 Å². The van der Waals surface area contributed by atoms with Crippen LogP contribution in [0.25, 0.3) is 0 Å². The molecule has 1 atom stereocenters. The molecule has 0 heterocycles. The van der Waals surface area contributed by atoms with Crippen LogP contribution in [0.5, 0.6) is 0 Å². The summed E-state index contributed by atoms with van der Waals surface area (Å²) in [7, 11) is 0. The molecule has 1 aliphatic rings. The van der Waals surface area contributed by atoms with Gasteiger partial charge in [-0.3, -0.25) is 9.59 Å². The number of hydrogen-bond acceptors (Lipinski definition) is 4. The average Bonchev–Trinajstić information content (AvgIpc) is 2.41. The lowest BCUT2D eigenvalue weighted by molar-refractivity contribution is -0.181. The lowest BCUT2D eigenvalue weighted by Gasteiger charge is -2.44. The number of halogens is 1. The van der Waals surface area contributed by atoms with E-state index in [-0.39, 0.29) is 24.9 Å². The maximum Gasteiger partial charge on any atom is 0.324 e. The van der Waals surface area contributed by atoms with E-state index in [1.54, 1.807) is 26.0 Å². The van der Waals surface area contributed by atoms with Gasteiger partial charge in [0.05, 0.1) is 13.2 Å². The Morgan fingerprint density at radius 3 is 2.05 bits per heavy atom. The fraction of sp³-hybridized carbons (Fsp3) is 0.500. The summed E-state index contributed by atoms with van der Waals surface area (Å²) in [6.07, 6.45) is 1.07. The Balaban J connectivity index is 2.34. The molecule has 1 saturated carbocycles. The summed E-state index contributed by atoms with van der Waals surface area (Å²) < 4.78 is 23.2. The van der Waals surface area contributed by atoms with Gasteiger partial charge in [-0.25, -0.2) is 4.39 Å². The maximum atomic E-state index is 13.0. The van der Waals surface area contributed by atoms with Crippen LogP contribution in [-0.2, 0) is 19.1 Å². The van der Waals surface area contributed by atoms with E-state index in [0.717, 1.165) is 5.56 Å². The molecule has 1 aromatic carbocycles. The predicted molar refractivity (Wildman–Crippen MR) is 74.1 cm³/mol. The third-order valence-electron chi connectivity index (χ3n) is 3.97. The molecule has 0 amide bonds. The van der Waals surface area contributed by atoms with Crippen molar-refractivity contribution in [3.8, 4) is 0 Å². The first-order valence-corrected chi connectivity index (χ1v) is 7.16. The van der Waals surface area contributed by atoms with E-state index < -0.39 is 17.4 Å². The van der Waals surface area contributed by atoms with Gasteiger partial charge in [-0.1, -0.05) is 12.1 Å². The zero-order chi connectivity index (χ0) is 15.5. The van der Waals surface area contributed by atoms with Crippen LogP contribution in [0.1, 0.15) is 38.2 Å². The highest BCUT2D eigenvalue weighted by atomic mass is 19.1. The van der Waals surface area contributed by atoms with E-state index >= 15 is 0 Å². The van der Waals surface area contributed by atoms with Gasteiger partial charge in [-0.15, -0.1) is 0 Å². The van der Waals surface area contributed by atoms with Gasteiger partial charge in [-0.05, 0) is 44.4 Å². The molecule has 0 saturated heterocycles. The highest BCUT2D eigenvalue weighted by Gasteiger charge is 2.61. The number of rotatable bonds is 5. The third kappa shape index (κ3) is 2.64. The van der Waals surface area contributed by atoms with Gasteiger partial charge < -0.3 is 9.47 Å². The standard InChI is InChI=1S/C16H19FO4/c1-3-20-14(18)16(15(19)21-4-2)10-9-13(16)11-5-7-12(17)8-6-11/h5-8,13H,3-4,9-10H2,1-2H3. The highest BCUT2D eigenvalue weighted by molar-refractivity contribution is 6.02. The summed E-state index contributed by atoms with van der Waals surface area (Å²) in [6.45, 7) is 3.80. The van der Waals surface area contributed by atoms with Crippen LogP contribution >= 0.6 is 0 Å². The molecule has 0 radical (unpaired) electrons. The Bertz CT molecular complexity index is 506. The third-order valence-corrected chi connectivity index (χ3v) is 3.97. The number of ether oxygens (including phenoxy) is 2. The van der Waals surface area contributed by atoms with Crippen molar-refractivity contribution >= 4 is 11.9 Å². The van der Waals surface area contributed by atoms with Crippen molar-refractivity contribution in [2.24, 2.45) is 5.41 Å². The second-order valence-corrected chi connectivity index (χ2v) is 5.06. The molecular formula is C16H19FO4. The summed E-state index contributed by atoms with van der Waals surface area (Å²) in [6, 6.07) is 5.86. The Morgan fingerprint density at radius 2 is 1.67 bits per heavy atom. The van der Waals surface area contributed by atoms with Crippen LogP contribution in [-0.4, -0.2) is 25.2 Å². The number of esters is 2. The van der Waals surface area contributed by atoms with Crippen molar-refractivity contribution in [2.45, 2.75) is 32.6 Å². The van der Waals surface area contributed by atoms with Crippen molar-refractivity contribution in [3.63, 3.8) is 0 Å². The highest BCUT2D eigenvalue weighted by Crippen LogP contribution is 2.54. The fourth-order valence-corrected chi connectivity index (χ4v) is 2.82. The summed E-state index contributed by atoms with van der Waals surface area (Å²) in [5.41, 5.74) is -0.534. The molecule has 114 valence electrons. The molecule has 21 heavy (non-hydrogen) atoms. The summed E-state index contributed by atoms with van der Waals surface area (Å²) in [5, 5.41) is 0. The fourth-order valence-electron chi connectivity index (χ4n) is 2.82. The van der Waals surface area contributed by atoms with E-state index in [1.165, 1.54) is 12.1 Å². The van der Waals surface area contributed by atoms with E-state index in [1.807, 2.05) is 0 Å². The number of benzene rings is 1. The van der Waals surface area contributed by atoms with Crippen molar-refractivity contribution in [3.05, 3.63) is 35.6 Å². The predicted octanol–water partition coefficient (Wildman–Crippen LogP) is 2.82. The maximum absolute atomic E-state index is 13.0. The molecule has 1 unspecified atom stereocenters. The van der Waals surface area contributed by atoms with E-state index in [0.29, 0.717) is 12.8 Å². The second-order valence-electron chi connectivity index (χ2n) is 5.06. The minimum absolute atomic E-state index is 0.204. The smallest absolute Gasteiger partial charge is 0.324 e. The molecule has 1 aliphatic carbocycles. The lowest BCUT2D eigenvalue weighted by atomic mass is 9.57. The van der Waals surface area contributed by atoms with Crippen molar-refractivity contribution in [1.82, 2.24) is 0 Å². The Kier molecular flexibility index (Phi) is 4.60. The van der Waals surface area contributed by atoms with E-state index in [4.69, 9.17) is 9.47 Å². The quantitative estimate of drug-likeness (QED) is 0.619. The van der Waals surface area contributed by atoms with Crippen molar-refractivity contribution in [1.29, 1.82) is 0 Å². The minimum Gasteiger partial charge on any atom is -0.465 e. The van der Waals surface area contributed by atoms with Crippen LogP contribution in [0.2, 0.25) is 0 Å². The monoisotopic (exact) mass is 294 g/mol. The van der Waals surface area contributed by atoms with Gasteiger partial charge >= 0.3 is 11.9 Å². The summed E-state index contributed by atoms with van der Waals surface area (Å²) in [5.74, 6) is -1.78. The van der Waals surface area contributed by atoms with E-state index in [2.05, 4.69) is 0 Å². The Hall–Kier alpha value is -1.91. The first-order chi connectivity index (χ1) is 10.1. The van der Waals surface area contributed by atoms with Gasteiger partial charge in [0.2, 0.25) is 0 Å². The zero-order valence-electron chi connectivity index (χ0n) is 12.2. The molecular weight excluding hydrogens is 275 g/mol. The van der Waals surface area contributed by atoms with Crippen LogP contribution < -0.4 is 0 Å². The molecule has 0 aromatic heterocycles. The largest absolute Gasteiger partial charge is 0.465 e. The van der Waals surface area contributed by atoms with Crippen LogP contribution in [0.4, 0.5) is 4.39 Å². The molecule has 0 N–H and O–H groups in total. The lowest BCUT2D eigenvalue weighted by Crippen LogP contribution is -2.53. The number of hydrogen-bond donors (Lipinski definition) is 0. The van der Waals surface area contributed by atoms with Crippen LogP contribution in [0, 0.1) is 11.2 Å². The van der Waals surface area contributed by atoms with Crippen molar-refractivity contribution < 1.29 is 23.5 Å². The van der Waals surface area contributed by atoms with Gasteiger partial charge in [0, 0.05) is 5.92 Å². The topological polar surface area (TPSA) is 52.6 Å². The average molecular weight is 294 g/mol. The van der Waals surface area contributed by atoms with Gasteiger partial charge in [0.15, 0.2) is 5.41 Å². The summed E-state index contributed by atoms with van der Waals surface area (Å²) in [4.78, 5) is 24.6. The van der Waals surface area contributed by atoms with Crippen molar-refractivity contribution in [2.75, 3.05) is 13.2 Å². The number of carbonyl (C=O) groups is 2. The molecule has 5 heteroatoms. The first-order valence-electron chi connectivity index (χ1n) is 7.16. The Morgan fingerprint density at radius 1 is 1.14 bits per heavy atom. The molecule has 1 aromatic rings. The molecule has 4 nitrogen and oxygen atoms in total. The van der Waals surface area contributed by atoms with Crippen LogP contribution in [0.3, 0.4) is 0 Å². The minimum atomic E-state index is -1.29. The number of carbonyl (C=O) groups excluding carboxylic acids is 2. The second kappa shape index (κ2) is 6.24. The zero-order valence-corrected chi connectivity index (χ0v) is 12.2. The first kappa shape index (κ1) is 15.5. The van der Waals surface area contributed by atoms with Gasteiger partial charge in [0.1, 0.15) is 5.82 Å². The normalized spacial score (nSPS) is 19.5. The van der Waals surface area contributed by atoms with Gasteiger partial charge in [-0.2, -0.15) is 0 Å². The summed E-state index contributed by atoms with van der Waals surface area (Å²) >= 11 is 0. The molecule has 0 bridgehead atoms.